The number of nitrogens with zero attached hydrogens (tertiary/aromatic N) is 4. The van der Waals surface area contributed by atoms with Gasteiger partial charge in [0.1, 0.15) is 0 Å². The molecule has 1 fully saturated rings. The van der Waals surface area contributed by atoms with Crippen LogP contribution in [0.1, 0.15) is 30.1 Å². The van der Waals surface area contributed by atoms with E-state index >= 15 is 0 Å². The number of hydrogen-bond acceptors (Lipinski definition) is 6. The van der Waals surface area contributed by atoms with Gasteiger partial charge in [-0.15, -0.1) is 0 Å². The first-order valence-corrected chi connectivity index (χ1v) is 7.31. The molecule has 0 bridgehead atoms. The van der Waals surface area contributed by atoms with E-state index < -0.39 is 0 Å². The summed E-state index contributed by atoms with van der Waals surface area (Å²) in [4.78, 5) is 10.8. The summed E-state index contributed by atoms with van der Waals surface area (Å²) in [6.45, 7) is 5.02. The van der Waals surface area contributed by atoms with Crippen LogP contribution in [0.25, 0.3) is 0 Å². The molecule has 3 heterocycles. The Bertz CT molecular complexity index is 552. The van der Waals surface area contributed by atoms with E-state index in [0.29, 0.717) is 18.5 Å². The van der Waals surface area contributed by atoms with E-state index in [1.807, 2.05) is 19.2 Å². The highest BCUT2D eigenvalue weighted by Crippen LogP contribution is 2.16. The lowest BCUT2D eigenvalue weighted by Gasteiger charge is -2.23. The van der Waals surface area contributed by atoms with Crippen LogP contribution in [0.2, 0.25) is 0 Å². The molecule has 1 saturated heterocycles. The SMILES string of the molecule is Cc1nc(CN(Cc2cccnc2)C[C@@H]2CCCO2)no1. The predicted octanol–water partition coefficient (Wildman–Crippen LogP) is 1.95. The number of aromatic nitrogens is 3. The van der Waals surface area contributed by atoms with Crippen LogP contribution in [0.4, 0.5) is 0 Å². The smallest absolute Gasteiger partial charge is 0.223 e. The molecule has 0 unspecified atom stereocenters. The van der Waals surface area contributed by atoms with Crippen LogP contribution in [0.5, 0.6) is 0 Å². The van der Waals surface area contributed by atoms with Crippen LogP contribution in [-0.4, -0.2) is 39.3 Å². The van der Waals surface area contributed by atoms with E-state index in [0.717, 1.165) is 38.4 Å². The van der Waals surface area contributed by atoms with Gasteiger partial charge in [0.05, 0.1) is 12.6 Å². The molecular formula is C15H20N4O2. The van der Waals surface area contributed by atoms with Crippen molar-refractivity contribution in [3.8, 4) is 0 Å². The minimum Gasteiger partial charge on any atom is -0.377 e. The van der Waals surface area contributed by atoms with E-state index in [4.69, 9.17) is 9.26 Å². The predicted molar refractivity (Wildman–Crippen MR) is 76.4 cm³/mol. The Morgan fingerprint density at radius 3 is 3.00 bits per heavy atom. The van der Waals surface area contributed by atoms with Crippen molar-refractivity contribution in [1.29, 1.82) is 0 Å². The summed E-state index contributed by atoms with van der Waals surface area (Å²) in [5, 5.41) is 3.99. The van der Waals surface area contributed by atoms with Crippen LogP contribution >= 0.6 is 0 Å². The number of ether oxygens (including phenoxy) is 1. The Hall–Kier alpha value is -1.79. The molecule has 3 rings (SSSR count). The standard InChI is InChI=1S/C15H20N4O2/c1-12-17-15(18-21-12)11-19(10-14-5-3-7-20-14)9-13-4-2-6-16-8-13/h2,4,6,8,14H,3,5,7,9-11H2,1H3/t14-/m0/s1. The van der Waals surface area contributed by atoms with Crippen LogP contribution in [0.15, 0.2) is 29.0 Å². The maximum Gasteiger partial charge on any atom is 0.223 e. The first-order valence-electron chi connectivity index (χ1n) is 7.31. The summed E-state index contributed by atoms with van der Waals surface area (Å²) in [5.74, 6) is 1.32. The molecule has 2 aromatic rings. The third-order valence-corrected chi connectivity index (χ3v) is 3.55. The summed E-state index contributed by atoms with van der Waals surface area (Å²) in [7, 11) is 0. The Balaban J connectivity index is 1.67. The van der Waals surface area contributed by atoms with Gasteiger partial charge in [-0.2, -0.15) is 4.98 Å². The van der Waals surface area contributed by atoms with Gasteiger partial charge in [-0.25, -0.2) is 0 Å². The molecule has 0 saturated carbocycles. The average molecular weight is 288 g/mol. The van der Waals surface area contributed by atoms with Gasteiger partial charge in [0.25, 0.3) is 0 Å². The van der Waals surface area contributed by atoms with Crippen molar-refractivity contribution in [2.24, 2.45) is 0 Å². The van der Waals surface area contributed by atoms with Crippen molar-refractivity contribution in [2.75, 3.05) is 13.2 Å². The van der Waals surface area contributed by atoms with E-state index in [1.165, 1.54) is 5.56 Å². The Morgan fingerprint density at radius 2 is 2.33 bits per heavy atom. The van der Waals surface area contributed by atoms with Crippen molar-refractivity contribution in [3.63, 3.8) is 0 Å². The maximum absolute atomic E-state index is 5.74. The largest absolute Gasteiger partial charge is 0.377 e. The first kappa shape index (κ1) is 14.2. The molecular weight excluding hydrogens is 268 g/mol. The van der Waals surface area contributed by atoms with Crippen molar-refractivity contribution in [1.82, 2.24) is 20.0 Å². The van der Waals surface area contributed by atoms with Crippen LogP contribution < -0.4 is 0 Å². The molecule has 0 amide bonds. The summed E-state index contributed by atoms with van der Waals surface area (Å²) in [6.07, 6.45) is 6.25. The molecule has 0 spiro atoms. The highest BCUT2D eigenvalue weighted by Gasteiger charge is 2.20. The zero-order valence-corrected chi connectivity index (χ0v) is 12.2. The summed E-state index contributed by atoms with van der Waals surface area (Å²) < 4.78 is 10.8. The van der Waals surface area contributed by atoms with E-state index in [2.05, 4.69) is 26.1 Å². The van der Waals surface area contributed by atoms with Gasteiger partial charge in [0.15, 0.2) is 5.82 Å². The van der Waals surface area contributed by atoms with Gasteiger partial charge < -0.3 is 9.26 Å². The third kappa shape index (κ3) is 4.09. The molecule has 1 aliphatic heterocycles. The van der Waals surface area contributed by atoms with E-state index in [-0.39, 0.29) is 0 Å². The van der Waals surface area contributed by atoms with Gasteiger partial charge in [-0.3, -0.25) is 9.88 Å². The van der Waals surface area contributed by atoms with Gasteiger partial charge in [-0.1, -0.05) is 11.2 Å². The molecule has 21 heavy (non-hydrogen) atoms. The fraction of sp³-hybridized carbons (Fsp3) is 0.533. The fourth-order valence-corrected chi connectivity index (χ4v) is 2.62. The quantitative estimate of drug-likeness (QED) is 0.809. The first-order chi connectivity index (χ1) is 10.3. The molecule has 6 heteroatoms. The second kappa shape index (κ2) is 6.78. The maximum atomic E-state index is 5.74. The zero-order valence-electron chi connectivity index (χ0n) is 12.2. The molecule has 0 N–H and O–H groups in total. The number of aryl methyl sites for hydroxylation is 1. The number of hydrogen-bond donors (Lipinski definition) is 0. The molecule has 2 aromatic heterocycles. The van der Waals surface area contributed by atoms with Crippen molar-refractivity contribution in [2.45, 2.75) is 39.0 Å². The molecule has 0 aliphatic carbocycles. The van der Waals surface area contributed by atoms with Crippen molar-refractivity contribution in [3.05, 3.63) is 41.8 Å². The summed E-state index contributed by atoms with van der Waals surface area (Å²) >= 11 is 0. The van der Waals surface area contributed by atoms with Crippen molar-refractivity contribution >= 4 is 0 Å². The monoisotopic (exact) mass is 288 g/mol. The lowest BCUT2D eigenvalue weighted by molar-refractivity contribution is 0.0667. The average Bonchev–Trinajstić information content (AvgIpc) is 3.12. The van der Waals surface area contributed by atoms with E-state index in [9.17, 15) is 0 Å². The second-order valence-electron chi connectivity index (χ2n) is 5.40. The van der Waals surface area contributed by atoms with Gasteiger partial charge in [0, 0.05) is 39.0 Å². The zero-order chi connectivity index (χ0) is 14.5. The molecule has 6 nitrogen and oxygen atoms in total. The molecule has 0 aromatic carbocycles. The Kier molecular flexibility index (Phi) is 4.57. The lowest BCUT2D eigenvalue weighted by atomic mass is 10.2. The topological polar surface area (TPSA) is 64.3 Å². The molecule has 0 radical (unpaired) electrons. The molecule has 1 atom stereocenters. The highest BCUT2D eigenvalue weighted by molar-refractivity contribution is 5.08. The third-order valence-electron chi connectivity index (χ3n) is 3.55. The summed E-state index contributed by atoms with van der Waals surface area (Å²) in [6, 6.07) is 4.04. The molecule has 112 valence electrons. The highest BCUT2D eigenvalue weighted by atomic mass is 16.5. The van der Waals surface area contributed by atoms with Gasteiger partial charge in [-0.05, 0) is 24.5 Å². The minimum atomic E-state index is 0.301. The minimum absolute atomic E-state index is 0.301. The lowest BCUT2D eigenvalue weighted by Crippen LogP contribution is -2.31. The van der Waals surface area contributed by atoms with Crippen molar-refractivity contribution < 1.29 is 9.26 Å². The Morgan fingerprint density at radius 1 is 1.38 bits per heavy atom. The van der Waals surface area contributed by atoms with Gasteiger partial charge in [0.2, 0.25) is 5.89 Å². The fourth-order valence-electron chi connectivity index (χ4n) is 2.62. The van der Waals surface area contributed by atoms with E-state index in [1.54, 1.807) is 6.20 Å². The second-order valence-corrected chi connectivity index (χ2v) is 5.40. The van der Waals surface area contributed by atoms with Crippen LogP contribution in [0, 0.1) is 6.92 Å². The number of pyridine rings is 1. The van der Waals surface area contributed by atoms with Crippen LogP contribution in [-0.2, 0) is 17.8 Å². The summed E-state index contributed by atoms with van der Waals surface area (Å²) in [5.41, 5.74) is 1.18. The van der Waals surface area contributed by atoms with Gasteiger partial charge >= 0.3 is 0 Å². The van der Waals surface area contributed by atoms with Crippen LogP contribution in [0.3, 0.4) is 0 Å². The molecule has 1 aliphatic rings. The Labute approximate surface area is 124 Å². The normalized spacial score (nSPS) is 18.5. The number of rotatable bonds is 6.